The molecule has 0 spiro atoms. The molecule has 0 aliphatic heterocycles. The minimum atomic E-state index is -0.424. The van der Waals surface area contributed by atoms with E-state index in [0.717, 1.165) is 14.9 Å². The van der Waals surface area contributed by atoms with E-state index >= 15 is 0 Å². The lowest BCUT2D eigenvalue weighted by molar-refractivity contribution is -0.141. The predicted octanol–water partition coefficient (Wildman–Crippen LogP) is 4.35. The van der Waals surface area contributed by atoms with Crippen molar-refractivity contribution in [3.8, 4) is 0 Å². The third-order valence-electron chi connectivity index (χ3n) is 3.61. The zero-order valence-corrected chi connectivity index (χ0v) is 16.5. The summed E-state index contributed by atoms with van der Waals surface area (Å²) in [7, 11) is 1.34. The summed E-state index contributed by atoms with van der Waals surface area (Å²) in [5, 5.41) is 2.68. The van der Waals surface area contributed by atoms with Crippen LogP contribution < -0.4 is 5.32 Å². The second kappa shape index (κ2) is 9.63. The molecule has 0 fully saturated rings. The van der Waals surface area contributed by atoms with Crippen molar-refractivity contribution in [3.05, 3.63) is 64.6 Å². The van der Waals surface area contributed by atoms with Crippen LogP contribution in [-0.2, 0) is 14.3 Å². The van der Waals surface area contributed by atoms with E-state index in [1.165, 1.54) is 18.9 Å². The molecule has 25 heavy (non-hydrogen) atoms. The Labute approximate surface area is 160 Å². The number of rotatable bonds is 7. The van der Waals surface area contributed by atoms with Gasteiger partial charge in [-0.15, -0.1) is 11.8 Å². The molecule has 0 bridgehead atoms. The van der Waals surface area contributed by atoms with Crippen LogP contribution in [0.25, 0.3) is 0 Å². The van der Waals surface area contributed by atoms with Gasteiger partial charge in [0.1, 0.15) is 0 Å². The summed E-state index contributed by atoms with van der Waals surface area (Å²) in [5.41, 5.74) is 0.860. The topological polar surface area (TPSA) is 55.4 Å². The zero-order valence-electron chi connectivity index (χ0n) is 14.1. The maximum atomic E-state index is 12.6. The van der Waals surface area contributed by atoms with E-state index in [1.54, 1.807) is 0 Å². The quantitative estimate of drug-likeness (QED) is 0.533. The first kappa shape index (κ1) is 19.5. The molecule has 1 amide bonds. The maximum Gasteiger partial charge on any atom is 0.307 e. The van der Waals surface area contributed by atoms with Crippen LogP contribution in [0.1, 0.15) is 24.9 Å². The number of amides is 1. The van der Waals surface area contributed by atoms with Gasteiger partial charge in [0, 0.05) is 9.37 Å². The summed E-state index contributed by atoms with van der Waals surface area (Å²) in [6, 6.07) is 16.9. The number of benzene rings is 2. The highest BCUT2D eigenvalue weighted by atomic mass is 79.9. The van der Waals surface area contributed by atoms with Crippen molar-refractivity contribution in [2.75, 3.05) is 7.11 Å². The third kappa shape index (κ3) is 6.21. The Balaban J connectivity index is 2.07. The molecule has 2 aromatic rings. The number of carbonyl (C=O) groups is 2. The van der Waals surface area contributed by atoms with Gasteiger partial charge in [0.05, 0.1) is 24.8 Å². The Bertz CT molecular complexity index is 706. The average Bonchev–Trinajstić information content (AvgIpc) is 2.62. The summed E-state index contributed by atoms with van der Waals surface area (Å²) in [5.74, 6) is -0.484. The van der Waals surface area contributed by atoms with Gasteiger partial charge in [0.25, 0.3) is 0 Å². The van der Waals surface area contributed by atoms with Gasteiger partial charge < -0.3 is 10.1 Å². The van der Waals surface area contributed by atoms with Gasteiger partial charge in [-0.1, -0.05) is 46.3 Å². The summed E-state index contributed by atoms with van der Waals surface area (Å²) >= 11 is 4.87. The molecule has 0 aliphatic carbocycles. The first-order valence-electron chi connectivity index (χ1n) is 7.84. The summed E-state index contributed by atoms with van der Waals surface area (Å²) in [6.07, 6.45) is 0.0899. The number of thioether (sulfide) groups is 1. The largest absolute Gasteiger partial charge is 0.469 e. The number of nitrogens with one attached hydrogen (secondary N) is 1. The monoisotopic (exact) mass is 421 g/mol. The maximum absolute atomic E-state index is 12.6. The van der Waals surface area contributed by atoms with Crippen LogP contribution in [-0.4, -0.2) is 24.2 Å². The number of ether oxygens (including phenoxy) is 1. The Morgan fingerprint density at radius 1 is 1.12 bits per heavy atom. The average molecular weight is 422 g/mol. The number of carbonyl (C=O) groups excluding carboxylic acids is 2. The molecule has 0 aliphatic rings. The van der Waals surface area contributed by atoms with Gasteiger partial charge in [-0.05, 0) is 36.8 Å². The van der Waals surface area contributed by atoms with Crippen molar-refractivity contribution in [3.63, 3.8) is 0 Å². The lowest BCUT2D eigenvalue weighted by atomic mass is 10.0. The van der Waals surface area contributed by atoms with Crippen molar-refractivity contribution < 1.29 is 14.3 Å². The smallest absolute Gasteiger partial charge is 0.307 e. The predicted molar refractivity (Wildman–Crippen MR) is 103 cm³/mol. The molecule has 1 N–H and O–H groups in total. The summed E-state index contributed by atoms with van der Waals surface area (Å²) in [6.45, 7) is 1.85. The highest BCUT2D eigenvalue weighted by Gasteiger charge is 2.22. The van der Waals surface area contributed by atoms with Crippen molar-refractivity contribution in [1.82, 2.24) is 5.32 Å². The lowest BCUT2D eigenvalue weighted by Crippen LogP contribution is -2.35. The molecule has 2 aromatic carbocycles. The molecule has 2 atom stereocenters. The van der Waals surface area contributed by atoms with E-state index in [-0.39, 0.29) is 23.5 Å². The Hall–Kier alpha value is -1.79. The Morgan fingerprint density at radius 3 is 2.36 bits per heavy atom. The van der Waals surface area contributed by atoms with Gasteiger partial charge in [-0.3, -0.25) is 9.59 Å². The first-order chi connectivity index (χ1) is 12.0. The van der Waals surface area contributed by atoms with E-state index < -0.39 is 6.04 Å². The number of hydrogen-bond acceptors (Lipinski definition) is 4. The van der Waals surface area contributed by atoms with Gasteiger partial charge >= 0.3 is 5.97 Å². The van der Waals surface area contributed by atoms with Crippen LogP contribution >= 0.6 is 27.7 Å². The van der Waals surface area contributed by atoms with Gasteiger partial charge in [0.15, 0.2) is 0 Å². The number of hydrogen-bond donors (Lipinski definition) is 1. The molecule has 6 heteroatoms. The molecular weight excluding hydrogens is 402 g/mol. The fourth-order valence-electron chi connectivity index (χ4n) is 2.24. The minimum Gasteiger partial charge on any atom is -0.469 e. The van der Waals surface area contributed by atoms with Gasteiger partial charge in [0.2, 0.25) is 5.91 Å². The molecule has 0 heterocycles. The zero-order chi connectivity index (χ0) is 18.2. The van der Waals surface area contributed by atoms with Crippen molar-refractivity contribution in [2.45, 2.75) is 29.5 Å². The highest BCUT2D eigenvalue weighted by molar-refractivity contribution is 9.10. The van der Waals surface area contributed by atoms with E-state index in [9.17, 15) is 9.59 Å². The summed E-state index contributed by atoms with van der Waals surface area (Å²) < 4.78 is 5.70. The van der Waals surface area contributed by atoms with Crippen LogP contribution in [0.4, 0.5) is 0 Å². The number of esters is 1. The van der Waals surface area contributed by atoms with Crippen LogP contribution in [0.15, 0.2) is 64.0 Å². The first-order valence-corrected chi connectivity index (χ1v) is 9.51. The van der Waals surface area contributed by atoms with E-state index in [2.05, 4.69) is 21.2 Å². The van der Waals surface area contributed by atoms with E-state index in [1.807, 2.05) is 61.5 Å². The molecule has 0 aromatic heterocycles. The lowest BCUT2D eigenvalue weighted by Gasteiger charge is -2.21. The number of methoxy groups -OCH3 is 1. The third-order valence-corrected chi connectivity index (χ3v) is 5.25. The Kier molecular flexibility index (Phi) is 7.52. The highest BCUT2D eigenvalue weighted by Crippen LogP contribution is 2.25. The fourth-order valence-corrected chi connectivity index (χ4v) is 3.41. The van der Waals surface area contributed by atoms with Gasteiger partial charge in [-0.2, -0.15) is 0 Å². The van der Waals surface area contributed by atoms with Crippen LogP contribution in [0.2, 0.25) is 0 Å². The molecule has 132 valence electrons. The normalized spacial score (nSPS) is 12.9. The molecule has 2 unspecified atom stereocenters. The minimum absolute atomic E-state index is 0.0899. The van der Waals surface area contributed by atoms with Crippen molar-refractivity contribution in [1.29, 1.82) is 0 Å². The van der Waals surface area contributed by atoms with Crippen molar-refractivity contribution in [2.24, 2.45) is 0 Å². The van der Waals surface area contributed by atoms with Crippen LogP contribution in [0.5, 0.6) is 0 Å². The second-order valence-corrected chi connectivity index (χ2v) is 7.80. The standard InChI is InChI=1S/C19H20BrNO3S/c1-13(25-16-6-4-3-5-7-16)19(23)21-17(12-18(22)24-2)14-8-10-15(20)11-9-14/h3-11,13,17H,12H2,1-2H3,(H,21,23). The fraction of sp³-hybridized carbons (Fsp3) is 0.263. The molecule has 2 rings (SSSR count). The molecular formula is C19H20BrNO3S. The van der Waals surface area contributed by atoms with Gasteiger partial charge in [-0.25, -0.2) is 0 Å². The van der Waals surface area contributed by atoms with E-state index in [4.69, 9.17) is 4.74 Å². The number of halogens is 1. The molecule has 0 radical (unpaired) electrons. The molecule has 0 saturated carbocycles. The SMILES string of the molecule is COC(=O)CC(NC(=O)C(C)Sc1ccccc1)c1ccc(Br)cc1. The summed E-state index contributed by atoms with van der Waals surface area (Å²) in [4.78, 5) is 25.3. The Morgan fingerprint density at radius 2 is 1.76 bits per heavy atom. The van der Waals surface area contributed by atoms with E-state index in [0.29, 0.717) is 0 Å². The molecule has 4 nitrogen and oxygen atoms in total. The van der Waals surface area contributed by atoms with Crippen LogP contribution in [0, 0.1) is 0 Å². The van der Waals surface area contributed by atoms with Crippen molar-refractivity contribution >= 4 is 39.6 Å². The van der Waals surface area contributed by atoms with Crippen LogP contribution in [0.3, 0.4) is 0 Å². The second-order valence-electron chi connectivity index (χ2n) is 5.47. The molecule has 0 saturated heterocycles.